The summed E-state index contributed by atoms with van der Waals surface area (Å²) >= 11 is 0. The van der Waals surface area contributed by atoms with Gasteiger partial charge in [0, 0.05) is 44.6 Å². The van der Waals surface area contributed by atoms with Gasteiger partial charge in [0.05, 0.1) is 13.2 Å². The number of rotatable bonds is 1. The third-order valence-electron chi connectivity index (χ3n) is 4.63. The normalized spacial score (nSPS) is 31.3. The van der Waals surface area contributed by atoms with E-state index in [0.29, 0.717) is 32.7 Å². The summed E-state index contributed by atoms with van der Waals surface area (Å²) in [5.41, 5.74) is 0. The molecule has 1 N–H and O–H groups in total. The van der Waals surface area contributed by atoms with Gasteiger partial charge in [0.2, 0.25) is 5.91 Å². The molecule has 2 unspecified atom stereocenters. The molecule has 0 radical (unpaired) electrons. The zero-order chi connectivity index (χ0) is 13.9. The van der Waals surface area contributed by atoms with Crippen molar-refractivity contribution in [3.8, 4) is 0 Å². The molecule has 3 amide bonds. The molecular formula is C14H23N3O3. The second-order valence-corrected chi connectivity index (χ2v) is 5.91. The fourth-order valence-corrected chi connectivity index (χ4v) is 3.52. The van der Waals surface area contributed by atoms with Crippen molar-refractivity contribution in [3.05, 3.63) is 0 Å². The Hall–Kier alpha value is -1.30. The molecule has 0 aromatic carbocycles. The molecule has 6 nitrogen and oxygen atoms in total. The number of likely N-dealkylation sites (tertiary alicyclic amines) is 1. The minimum atomic E-state index is 0.124. The molecule has 0 saturated carbocycles. The van der Waals surface area contributed by atoms with Gasteiger partial charge in [0.1, 0.15) is 0 Å². The molecule has 3 rings (SSSR count). The molecule has 2 atom stereocenters. The Balaban J connectivity index is 1.68. The number of urea groups is 1. The van der Waals surface area contributed by atoms with Crippen molar-refractivity contribution < 1.29 is 14.3 Å². The Labute approximate surface area is 119 Å². The molecule has 3 aliphatic rings. The third-order valence-corrected chi connectivity index (χ3v) is 4.63. The molecule has 0 aromatic heterocycles. The van der Waals surface area contributed by atoms with Crippen molar-refractivity contribution in [3.63, 3.8) is 0 Å². The standard InChI is InChI=1S/C14H23N3O3/c18-13-9-11(10-15-13)12-3-1-2-4-17(12)14(19)16-5-7-20-8-6-16/h11-12H,1-10H2,(H,15,18). The van der Waals surface area contributed by atoms with Crippen LogP contribution in [0.4, 0.5) is 4.79 Å². The number of piperidine rings is 1. The Morgan fingerprint density at radius 3 is 2.70 bits per heavy atom. The van der Waals surface area contributed by atoms with Crippen LogP contribution in [0.25, 0.3) is 0 Å². The van der Waals surface area contributed by atoms with Crippen LogP contribution in [0.2, 0.25) is 0 Å². The number of ether oxygens (including phenoxy) is 1. The van der Waals surface area contributed by atoms with Crippen LogP contribution in [-0.4, -0.2) is 67.2 Å². The van der Waals surface area contributed by atoms with E-state index in [-0.39, 0.29) is 23.9 Å². The largest absolute Gasteiger partial charge is 0.378 e. The zero-order valence-electron chi connectivity index (χ0n) is 11.8. The van der Waals surface area contributed by atoms with Crippen molar-refractivity contribution >= 4 is 11.9 Å². The average molecular weight is 281 g/mol. The number of hydrogen-bond acceptors (Lipinski definition) is 3. The second kappa shape index (κ2) is 5.99. The predicted molar refractivity (Wildman–Crippen MR) is 73.2 cm³/mol. The van der Waals surface area contributed by atoms with E-state index >= 15 is 0 Å². The smallest absolute Gasteiger partial charge is 0.320 e. The van der Waals surface area contributed by atoms with Gasteiger partial charge in [-0.2, -0.15) is 0 Å². The third kappa shape index (κ3) is 2.75. The summed E-state index contributed by atoms with van der Waals surface area (Å²) in [5, 5.41) is 2.90. The molecule has 3 saturated heterocycles. The van der Waals surface area contributed by atoms with Crippen LogP contribution < -0.4 is 5.32 Å². The summed E-state index contributed by atoms with van der Waals surface area (Å²) in [6, 6.07) is 0.357. The molecular weight excluding hydrogens is 258 g/mol. The Kier molecular flexibility index (Phi) is 4.10. The maximum Gasteiger partial charge on any atom is 0.320 e. The summed E-state index contributed by atoms with van der Waals surface area (Å²) in [7, 11) is 0. The molecule has 6 heteroatoms. The molecule has 0 aliphatic carbocycles. The van der Waals surface area contributed by atoms with Crippen molar-refractivity contribution in [2.75, 3.05) is 39.4 Å². The highest BCUT2D eigenvalue weighted by molar-refractivity contribution is 5.79. The summed E-state index contributed by atoms with van der Waals surface area (Å²) in [6.07, 6.45) is 3.82. The molecule has 3 heterocycles. The first-order valence-corrected chi connectivity index (χ1v) is 7.65. The number of carbonyl (C=O) groups excluding carboxylic acids is 2. The van der Waals surface area contributed by atoms with Crippen molar-refractivity contribution in [1.82, 2.24) is 15.1 Å². The minimum absolute atomic E-state index is 0.124. The highest BCUT2D eigenvalue weighted by Crippen LogP contribution is 2.28. The summed E-state index contributed by atoms with van der Waals surface area (Å²) < 4.78 is 5.31. The quantitative estimate of drug-likeness (QED) is 0.758. The van der Waals surface area contributed by atoms with Gasteiger partial charge in [0.25, 0.3) is 0 Å². The van der Waals surface area contributed by atoms with Crippen LogP contribution in [0.5, 0.6) is 0 Å². The lowest BCUT2D eigenvalue weighted by Gasteiger charge is -2.42. The molecule has 0 aromatic rings. The van der Waals surface area contributed by atoms with E-state index in [4.69, 9.17) is 4.74 Å². The first kappa shape index (κ1) is 13.7. The number of carbonyl (C=O) groups is 2. The first-order chi connectivity index (χ1) is 9.75. The SMILES string of the molecule is O=C1CC(C2CCCCN2C(=O)N2CCOCC2)CN1. The van der Waals surface area contributed by atoms with Gasteiger partial charge in [-0.05, 0) is 19.3 Å². The second-order valence-electron chi connectivity index (χ2n) is 5.91. The maximum absolute atomic E-state index is 12.7. The summed E-state index contributed by atoms with van der Waals surface area (Å²) in [6.45, 7) is 4.18. The number of hydrogen-bond donors (Lipinski definition) is 1. The fourth-order valence-electron chi connectivity index (χ4n) is 3.52. The van der Waals surface area contributed by atoms with E-state index in [0.717, 1.165) is 32.4 Å². The first-order valence-electron chi connectivity index (χ1n) is 7.65. The van der Waals surface area contributed by atoms with E-state index in [1.54, 1.807) is 0 Å². The number of nitrogens with zero attached hydrogens (tertiary/aromatic N) is 2. The average Bonchev–Trinajstić information content (AvgIpc) is 2.94. The topological polar surface area (TPSA) is 61.9 Å². The number of morpholine rings is 1. The highest BCUT2D eigenvalue weighted by Gasteiger charge is 2.38. The van der Waals surface area contributed by atoms with E-state index < -0.39 is 0 Å². The Morgan fingerprint density at radius 2 is 2.00 bits per heavy atom. The Morgan fingerprint density at radius 1 is 1.20 bits per heavy atom. The molecule has 3 aliphatic heterocycles. The van der Waals surface area contributed by atoms with Crippen LogP contribution in [-0.2, 0) is 9.53 Å². The monoisotopic (exact) mass is 281 g/mol. The number of nitrogens with one attached hydrogen (secondary N) is 1. The van der Waals surface area contributed by atoms with E-state index in [9.17, 15) is 9.59 Å². The molecule has 112 valence electrons. The van der Waals surface area contributed by atoms with Gasteiger partial charge < -0.3 is 19.9 Å². The lowest BCUT2D eigenvalue weighted by Crippen LogP contribution is -2.55. The number of amides is 3. The van der Waals surface area contributed by atoms with Crippen molar-refractivity contribution in [2.24, 2.45) is 5.92 Å². The Bertz CT molecular complexity index is 382. The van der Waals surface area contributed by atoms with Crippen LogP contribution in [0.1, 0.15) is 25.7 Å². The maximum atomic E-state index is 12.7. The lowest BCUT2D eigenvalue weighted by molar-refractivity contribution is -0.119. The zero-order valence-corrected chi connectivity index (χ0v) is 11.8. The predicted octanol–water partition coefficient (Wildman–Crippen LogP) is 0.429. The van der Waals surface area contributed by atoms with Gasteiger partial charge in [-0.15, -0.1) is 0 Å². The fraction of sp³-hybridized carbons (Fsp3) is 0.857. The van der Waals surface area contributed by atoms with Crippen molar-refractivity contribution in [1.29, 1.82) is 0 Å². The van der Waals surface area contributed by atoms with Gasteiger partial charge in [-0.3, -0.25) is 4.79 Å². The van der Waals surface area contributed by atoms with Gasteiger partial charge in [-0.25, -0.2) is 4.79 Å². The van der Waals surface area contributed by atoms with E-state index in [2.05, 4.69) is 5.32 Å². The molecule has 20 heavy (non-hydrogen) atoms. The van der Waals surface area contributed by atoms with Gasteiger partial charge >= 0.3 is 6.03 Å². The van der Waals surface area contributed by atoms with E-state index in [1.165, 1.54) is 0 Å². The molecule has 0 spiro atoms. The summed E-state index contributed by atoms with van der Waals surface area (Å²) in [5.74, 6) is 0.409. The van der Waals surface area contributed by atoms with Gasteiger partial charge in [-0.1, -0.05) is 0 Å². The minimum Gasteiger partial charge on any atom is -0.378 e. The van der Waals surface area contributed by atoms with Crippen LogP contribution >= 0.6 is 0 Å². The molecule has 0 bridgehead atoms. The van der Waals surface area contributed by atoms with Crippen LogP contribution in [0.3, 0.4) is 0 Å². The van der Waals surface area contributed by atoms with Crippen LogP contribution in [0, 0.1) is 5.92 Å². The van der Waals surface area contributed by atoms with E-state index in [1.807, 2.05) is 9.80 Å². The summed E-state index contributed by atoms with van der Waals surface area (Å²) in [4.78, 5) is 28.0. The lowest BCUT2D eigenvalue weighted by atomic mass is 9.89. The van der Waals surface area contributed by atoms with Crippen molar-refractivity contribution in [2.45, 2.75) is 31.7 Å². The highest BCUT2D eigenvalue weighted by atomic mass is 16.5. The van der Waals surface area contributed by atoms with Crippen LogP contribution in [0.15, 0.2) is 0 Å². The molecule has 3 fully saturated rings. The van der Waals surface area contributed by atoms with Gasteiger partial charge in [0.15, 0.2) is 0 Å².